The Hall–Kier alpha value is -0.0800. The van der Waals surface area contributed by atoms with Gasteiger partial charge in [-0.1, -0.05) is 20.8 Å². The van der Waals surface area contributed by atoms with E-state index in [0.29, 0.717) is 17.5 Å². The average Bonchev–Trinajstić information content (AvgIpc) is 1.97. The molecule has 12 heavy (non-hydrogen) atoms. The van der Waals surface area contributed by atoms with E-state index in [1.807, 2.05) is 7.05 Å². The van der Waals surface area contributed by atoms with E-state index in [4.69, 9.17) is 0 Å². The van der Waals surface area contributed by atoms with Crippen molar-refractivity contribution >= 4 is 0 Å². The minimum absolute atomic E-state index is 0.355. The Morgan fingerprint density at radius 2 is 1.67 bits per heavy atom. The van der Waals surface area contributed by atoms with Gasteiger partial charge in [-0.3, -0.25) is 0 Å². The minimum atomic E-state index is 0.355. The lowest BCUT2D eigenvalue weighted by molar-refractivity contribution is 0.280. The van der Waals surface area contributed by atoms with Gasteiger partial charge in [0.05, 0.1) is 0 Å². The predicted octanol–water partition coefficient (Wildman–Crippen LogP) is 1.62. The molecule has 2 atom stereocenters. The molecule has 0 aliphatic heterocycles. The van der Waals surface area contributed by atoms with Crippen LogP contribution in [0.5, 0.6) is 0 Å². The van der Waals surface area contributed by atoms with Crippen LogP contribution in [-0.2, 0) is 0 Å². The summed E-state index contributed by atoms with van der Waals surface area (Å²) in [4.78, 5) is 0. The zero-order valence-corrected chi connectivity index (χ0v) is 9.36. The highest BCUT2D eigenvalue weighted by Gasteiger charge is 2.19. The SMILES string of the molecule is CNC(C)CNC(C)C(C)(C)C. The van der Waals surface area contributed by atoms with Gasteiger partial charge >= 0.3 is 0 Å². The van der Waals surface area contributed by atoms with Crippen LogP contribution in [-0.4, -0.2) is 25.7 Å². The van der Waals surface area contributed by atoms with E-state index >= 15 is 0 Å². The number of hydrogen-bond donors (Lipinski definition) is 2. The summed E-state index contributed by atoms with van der Waals surface area (Å²) in [5.74, 6) is 0. The van der Waals surface area contributed by atoms with Crippen molar-refractivity contribution in [3.63, 3.8) is 0 Å². The standard InChI is InChI=1S/C10H24N2/c1-8(11-6)7-12-9(2)10(3,4)5/h8-9,11-12H,7H2,1-6H3. The minimum Gasteiger partial charge on any atom is -0.316 e. The first-order chi connectivity index (χ1) is 5.38. The quantitative estimate of drug-likeness (QED) is 0.673. The number of rotatable bonds is 4. The Morgan fingerprint density at radius 3 is 2.00 bits per heavy atom. The lowest BCUT2D eigenvalue weighted by atomic mass is 9.88. The van der Waals surface area contributed by atoms with E-state index < -0.39 is 0 Å². The van der Waals surface area contributed by atoms with Crippen molar-refractivity contribution in [2.24, 2.45) is 5.41 Å². The van der Waals surface area contributed by atoms with Crippen LogP contribution in [0.2, 0.25) is 0 Å². The molecule has 0 aromatic rings. The Kier molecular flexibility index (Phi) is 4.80. The van der Waals surface area contributed by atoms with Crippen LogP contribution in [0.25, 0.3) is 0 Å². The summed E-state index contributed by atoms with van der Waals surface area (Å²) in [6, 6.07) is 1.11. The Morgan fingerprint density at radius 1 is 1.17 bits per heavy atom. The van der Waals surface area contributed by atoms with E-state index in [-0.39, 0.29) is 0 Å². The van der Waals surface area contributed by atoms with Crippen molar-refractivity contribution < 1.29 is 0 Å². The van der Waals surface area contributed by atoms with Crippen LogP contribution in [0.15, 0.2) is 0 Å². The molecular weight excluding hydrogens is 148 g/mol. The van der Waals surface area contributed by atoms with E-state index in [0.717, 1.165) is 6.54 Å². The molecule has 0 saturated heterocycles. The molecule has 0 spiro atoms. The molecule has 2 N–H and O–H groups in total. The topological polar surface area (TPSA) is 24.1 Å². The van der Waals surface area contributed by atoms with Gasteiger partial charge in [0.2, 0.25) is 0 Å². The monoisotopic (exact) mass is 172 g/mol. The Balaban J connectivity index is 3.64. The fourth-order valence-electron chi connectivity index (χ4n) is 0.762. The van der Waals surface area contributed by atoms with Crippen LogP contribution in [0.3, 0.4) is 0 Å². The lowest BCUT2D eigenvalue weighted by Crippen LogP contribution is -2.43. The van der Waals surface area contributed by atoms with Crippen molar-refractivity contribution in [1.29, 1.82) is 0 Å². The highest BCUT2D eigenvalue weighted by Crippen LogP contribution is 2.18. The molecule has 0 rings (SSSR count). The molecule has 2 nitrogen and oxygen atoms in total. The molecule has 0 aliphatic rings. The predicted molar refractivity (Wildman–Crippen MR) is 55.4 cm³/mol. The third-order valence-corrected chi connectivity index (χ3v) is 2.52. The van der Waals surface area contributed by atoms with Crippen LogP contribution in [0, 0.1) is 5.41 Å². The highest BCUT2D eigenvalue weighted by atomic mass is 15.0. The molecular formula is C10H24N2. The first-order valence-electron chi connectivity index (χ1n) is 4.78. The molecule has 0 saturated carbocycles. The lowest BCUT2D eigenvalue weighted by Gasteiger charge is -2.29. The molecule has 0 radical (unpaired) electrons. The summed E-state index contributed by atoms with van der Waals surface area (Å²) < 4.78 is 0. The fourth-order valence-corrected chi connectivity index (χ4v) is 0.762. The van der Waals surface area contributed by atoms with Gasteiger partial charge in [-0.25, -0.2) is 0 Å². The maximum Gasteiger partial charge on any atom is 0.0161 e. The van der Waals surface area contributed by atoms with Gasteiger partial charge < -0.3 is 10.6 Å². The van der Waals surface area contributed by atoms with Crippen molar-refractivity contribution in [3.8, 4) is 0 Å². The molecule has 0 aromatic heterocycles. The molecule has 0 amide bonds. The largest absolute Gasteiger partial charge is 0.316 e. The van der Waals surface area contributed by atoms with E-state index in [1.165, 1.54) is 0 Å². The Bertz CT molecular complexity index is 115. The molecule has 0 fully saturated rings. The maximum atomic E-state index is 3.51. The van der Waals surface area contributed by atoms with E-state index in [9.17, 15) is 0 Å². The normalized spacial score (nSPS) is 17.5. The molecule has 0 aromatic carbocycles. The molecule has 2 heteroatoms. The summed E-state index contributed by atoms with van der Waals surface area (Å²) in [6.07, 6.45) is 0. The molecule has 0 heterocycles. The van der Waals surface area contributed by atoms with E-state index in [2.05, 4.69) is 45.3 Å². The number of nitrogens with one attached hydrogen (secondary N) is 2. The molecule has 74 valence electrons. The zero-order valence-electron chi connectivity index (χ0n) is 9.36. The first-order valence-corrected chi connectivity index (χ1v) is 4.78. The van der Waals surface area contributed by atoms with Crippen molar-refractivity contribution in [2.45, 2.75) is 46.7 Å². The van der Waals surface area contributed by atoms with Gasteiger partial charge in [0.15, 0.2) is 0 Å². The second kappa shape index (κ2) is 4.83. The second-order valence-electron chi connectivity index (χ2n) is 4.69. The van der Waals surface area contributed by atoms with Gasteiger partial charge in [0.1, 0.15) is 0 Å². The molecule has 2 unspecified atom stereocenters. The molecule has 0 bridgehead atoms. The van der Waals surface area contributed by atoms with Gasteiger partial charge in [-0.2, -0.15) is 0 Å². The Labute approximate surface area is 77.1 Å². The average molecular weight is 172 g/mol. The van der Waals surface area contributed by atoms with Crippen molar-refractivity contribution in [3.05, 3.63) is 0 Å². The van der Waals surface area contributed by atoms with Gasteiger partial charge in [-0.15, -0.1) is 0 Å². The van der Waals surface area contributed by atoms with Gasteiger partial charge in [-0.05, 0) is 26.3 Å². The summed E-state index contributed by atoms with van der Waals surface area (Å²) in [5.41, 5.74) is 0.355. The third-order valence-electron chi connectivity index (χ3n) is 2.52. The summed E-state index contributed by atoms with van der Waals surface area (Å²) >= 11 is 0. The van der Waals surface area contributed by atoms with Crippen LogP contribution in [0.1, 0.15) is 34.6 Å². The smallest absolute Gasteiger partial charge is 0.0161 e. The van der Waals surface area contributed by atoms with Gasteiger partial charge in [0.25, 0.3) is 0 Å². The van der Waals surface area contributed by atoms with Crippen molar-refractivity contribution in [2.75, 3.05) is 13.6 Å². The fraction of sp³-hybridized carbons (Fsp3) is 1.00. The summed E-state index contributed by atoms with van der Waals surface area (Å²) in [6.45, 7) is 12.2. The summed E-state index contributed by atoms with van der Waals surface area (Å²) in [5, 5.41) is 6.72. The van der Waals surface area contributed by atoms with Crippen molar-refractivity contribution in [1.82, 2.24) is 10.6 Å². The van der Waals surface area contributed by atoms with Gasteiger partial charge in [0, 0.05) is 18.6 Å². The van der Waals surface area contributed by atoms with Crippen LogP contribution < -0.4 is 10.6 Å². The van der Waals surface area contributed by atoms with E-state index in [1.54, 1.807) is 0 Å². The van der Waals surface area contributed by atoms with Crippen LogP contribution in [0.4, 0.5) is 0 Å². The zero-order chi connectivity index (χ0) is 9.78. The van der Waals surface area contributed by atoms with Crippen LogP contribution >= 0.6 is 0 Å². The number of likely N-dealkylation sites (N-methyl/N-ethyl adjacent to an activating group) is 1. The number of hydrogen-bond acceptors (Lipinski definition) is 2. The first kappa shape index (κ1) is 11.9. The molecule has 0 aliphatic carbocycles. The maximum absolute atomic E-state index is 3.51. The summed E-state index contributed by atoms with van der Waals surface area (Å²) in [7, 11) is 1.99. The highest BCUT2D eigenvalue weighted by molar-refractivity contribution is 4.77. The second-order valence-corrected chi connectivity index (χ2v) is 4.69. The third kappa shape index (κ3) is 4.73.